The number of hydrogen-bond donors (Lipinski definition) is 2. The fourth-order valence-electron chi connectivity index (χ4n) is 2.19. The minimum Gasteiger partial charge on any atom is -0.341 e. The third kappa shape index (κ3) is 2.51. The van der Waals surface area contributed by atoms with Crippen LogP contribution in [-0.4, -0.2) is 41.0 Å². The van der Waals surface area contributed by atoms with Crippen LogP contribution in [0.5, 0.6) is 0 Å². The zero-order chi connectivity index (χ0) is 11.7. The number of halogens is 1. The smallest absolute Gasteiger partial charge is 0.121 e. The molecular formula is C12H15BrN4. The van der Waals surface area contributed by atoms with E-state index in [2.05, 4.69) is 42.2 Å². The van der Waals surface area contributed by atoms with Gasteiger partial charge >= 0.3 is 0 Å². The van der Waals surface area contributed by atoms with E-state index >= 15 is 0 Å². The van der Waals surface area contributed by atoms with E-state index in [1.807, 2.05) is 12.1 Å². The largest absolute Gasteiger partial charge is 0.341 e. The van der Waals surface area contributed by atoms with E-state index in [0.717, 1.165) is 54.1 Å². The third-order valence-electron chi connectivity index (χ3n) is 3.08. The molecule has 0 saturated carbocycles. The molecule has 0 bridgehead atoms. The Balaban J connectivity index is 1.80. The first-order valence-corrected chi connectivity index (χ1v) is 6.68. The summed E-state index contributed by atoms with van der Waals surface area (Å²) in [4.78, 5) is 10.4. The summed E-state index contributed by atoms with van der Waals surface area (Å²) in [5.41, 5.74) is 2.14. The monoisotopic (exact) mass is 294 g/mol. The SMILES string of the molecule is Brc1ccc2nc(CN3CCNCC3)[nH]c2c1. The highest BCUT2D eigenvalue weighted by Crippen LogP contribution is 2.18. The molecule has 4 nitrogen and oxygen atoms in total. The molecule has 1 aliphatic rings. The molecule has 3 rings (SSSR count). The van der Waals surface area contributed by atoms with Gasteiger partial charge in [0.2, 0.25) is 0 Å². The van der Waals surface area contributed by atoms with Crippen molar-refractivity contribution in [3.8, 4) is 0 Å². The zero-order valence-electron chi connectivity index (χ0n) is 9.54. The number of H-pyrrole nitrogens is 1. The summed E-state index contributed by atoms with van der Waals surface area (Å²) >= 11 is 3.47. The maximum atomic E-state index is 4.61. The molecule has 5 heteroatoms. The second-order valence-corrected chi connectivity index (χ2v) is 5.29. The Kier molecular flexibility index (Phi) is 3.13. The average Bonchev–Trinajstić information content (AvgIpc) is 2.71. The van der Waals surface area contributed by atoms with Crippen LogP contribution in [0.4, 0.5) is 0 Å². The molecule has 0 aliphatic carbocycles. The van der Waals surface area contributed by atoms with Gasteiger partial charge in [-0.05, 0) is 18.2 Å². The molecule has 1 aromatic heterocycles. The quantitative estimate of drug-likeness (QED) is 0.887. The number of nitrogens with zero attached hydrogens (tertiary/aromatic N) is 2. The van der Waals surface area contributed by atoms with E-state index in [1.165, 1.54) is 0 Å². The summed E-state index contributed by atoms with van der Waals surface area (Å²) in [6, 6.07) is 6.14. The van der Waals surface area contributed by atoms with Crippen LogP contribution in [0.2, 0.25) is 0 Å². The highest BCUT2D eigenvalue weighted by atomic mass is 79.9. The van der Waals surface area contributed by atoms with Gasteiger partial charge < -0.3 is 10.3 Å². The van der Waals surface area contributed by atoms with Crippen LogP contribution in [0.3, 0.4) is 0 Å². The number of nitrogens with one attached hydrogen (secondary N) is 2. The summed E-state index contributed by atoms with van der Waals surface area (Å²) in [6.45, 7) is 5.26. The van der Waals surface area contributed by atoms with Crippen LogP contribution in [-0.2, 0) is 6.54 Å². The van der Waals surface area contributed by atoms with Crippen molar-refractivity contribution in [1.82, 2.24) is 20.2 Å². The van der Waals surface area contributed by atoms with Gasteiger partial charge in [-0.15, -0.1) is 0 Å². The Hall–Kier alpha value is -0.910. The highest BCUT2D eigenvalue weighted by molar-refractivity contribution is 9.10. The van der Waals surface area contributed by atoms with Gasteiger partial charge in [-0.2, -0.15) is 0 Å². The molecular weight excluding hydrogens is 280 g/mol. The molecule has 1 saturated heterocycles. The molecule has 0 unspecified atom stereocenters. The summed E-state index contributed by atoms with van der Waals surface area (Å²) in [5.74, 6) is 1.06. The van der Waals surface area contributed by atoms with Gasteiger partial charge in [-0.3, -0.25) is 4.90 Å². The van der Waals surface area contributed by atoms with E-state index in [1.54, 1.807) is 0 Å². The maximum absolute atomic E-state index is 4.61. The lowest BCUT2D eigenvalue weighted by molar-refractivity contribution is 0.229. The van der Waals surface area contributed by atoms with Crippen molar-refractivity contribution in [2.75, 3.05) is 26.2 Å². The first-order valence-electron chi connectivity index (χ1n) is 5.88. The van der Waals surface area contributed by atoms with Crippen molar-refractivity contribution in [1.29, 1.82) is 0 Å². The van der Waals surface area contributed by atoms with E-state index in [4.69, 9.17) is 0 Å². The molecule has 0 spiro atoms. The van der Waals surface area contributed by atoms with Crippen molar-refractivity contribution in [2.45, 2.75) is 6.54 Å². The molecule has 0 atom stereocenters. The van der Waals surface area contributed by atoms with Crippen LogP contribution in [0, 0.1) is 0 Å². The number of rotatable bonds is 2. The lowest BCUT2D eigenvalue weighted by atomic mass is 10.3. The highest BCUT2D eigenvalue weighted by Gasteiger charge is 2.12. The van der Waals surface area contributed by atoms with E-state index < -0.39 is 0 Å². The number of benzene rings is 1. The van der Waals surface area contributed by atoms with Gasteiger partial charge in [0.1, 0.15) is 5.82 Å². The molecule has 90 valence electrons. The van der Waals surface area contributed by atoms with E-state index in [9.17, 15) is 0 Å². The van der Waals surface area contributed by atoms with Gasteiger partial charge in [0.25, 0.3) is 0 Å². The summed E-state index contributed by atoms with van der Waals surface area (Å²) in [6.07, 6.45) is 0. The standard InChI is InChI=1S/C12H15BrN4/c13-9-1-2-10-11(7-9)16-12(15-10)8-17-5-3-14-4-6-17/h1-2,7,14H,3-6,8H2,(H,15,16). The Morgan fingerprint density at radius 3 is 2.94 bits per heavy atom. The third-order valence-corrected chi connectivity index (χ3v) is 3.57. The van der Waals surface area contributed by atoms with Gasteiger partial charge in [0.15, 0.2) is 0 Å². The topological polar surface area (TPSA) is 44.0 Å². The van der Waals surface area contributed by atoms with Crippen molar-refractivity contribution < 1.29 is 0 Å². The number of aromatic nitrogens is 2. The summed E-state index contributed by atoms with van der Waals surface area (Å²) < 4.78 is 1.09. The minimum atomic E-state index is 0.911. The molecule has 1 aromatic carbocycles. The van der Waals surface area contributed by atoms with Crippen LogP contribution < -0.4 is 5.32 Å². The Bertz CT molecular complexity index is 516. The predicted molar refractivity (Wildman–Crippen MR) is 71.9 cm³/mol. The first kappa shape index (κ1) is 11.2. The number of fused-ring (bicyclic) bond motifs is 1. The lowest BCUT2D eigenvalue weighted by Crippen LogP contribution is -2.43. The molecule has 17 heavy (non-hydrogen) atoms. The molecule has 2 heterocycles. The van der Waals surface area contributed by atoms with Crippen LogP contribution in [0.25, 0.3) is 11.0 Å². The lowest BCUT2D eigenvalue weighted by Gasteiger charge is -2.26. The van der Waals surface area contributed by atoms with Crippen LogP contribution in [0.1, 0.15) is 5.82 Å². The fraction of sp³-hybridized carbons (Fsp3) is 0.417. The fourth-order valence-corrected chi connectivity index (χ4v) is 2.55. The van der Waals surface area contributed by atoms with E-state index in [0.29, 0.717) is 0 Å². The zero-order valence-corrected chi connectivity index (χ0v) is 11.1. The van der Waals surface area contributed by atoms with Gasteiger partial charge in [0, 0.05) is 30.7 Å². The molecule has 1 aliphatic heterocycles. The Labute approximate surface area is 109 Å². The van der Waals surface area contributed by atoms with Gasteiger partial charge in [-0.1, -0.05) is 15.9 Å². The second-order valence-electron chi connectivity index (χ2n) is 4.37. The Morgan fingerprint density at radius 1 is 1.29 bits per heavy atom. The summed E-state index contributed by atoms with van der Waals surface area (Å²) in [7, 11) is 0. The van der Waals surface area contributed by atoms with Gasteiger partial charge in [-0.25, -0.2) is 4.98 Å². The van der Waals surface area contributed by atoms with Crippen molar-refractivity contribution >= 4 is 27.0 Å². The van der Waals surface area contributed by atoms with Crippen molar-refractivity contribution in [2.24, 2.45) is 0 Å². The first-order chi connectivity index (χ1) is 8.31. The van der Waals surface area contributed by atoms with Crippen molar-refractivity contribution in [3.63, 3.8) is 0 Å². The molecule has 2 N–H and O–H groups in total. The Morgan fingerprint density at radius 2 is 2.12 bits per heavy atom. The molecule has 2 aromatic rings. The molecule has 0 amide bonds. The number of imidazole rings is 1. The minimum absolute atomic E-state index is 0.911. The maximum Gasteiger partial charge on any atom is 0.121 e. The predicted octanol–water partition coefficient (Wildman–Crippen LogP) is 1.73. The van der Waals surface area contributed by atoms with Crippen LogP contribution >= 0.6 is 15.9 Å². The molecule has 0 radical (unpaired) electrons. The molecule has 1 fully saturated rings. The number of piperazine rings is 1. The normalized spacial score (nSPS) is 17.7. The summed E-state index contributed by atoms with van der Waals surface area (Å²) in [5, 5.41) is 3.36. The van der Waals surface area contributed by atoms with Crippen molar-refractivity contribution in [3.05, 3.63) is 28.5 Å². The van der Waals surface area contributed by atoms with Crippen LogP contribution in [0.15, 0.2) is 22.7 Å². The number of aromatic amines is 1. The van der Waals surface area contributed by atoms with E-state index in [-0.39, 0.29) is 0 Å². The van der Waals surface area contributed by atoms with Gasteiger partial charge in [0.05, 0.1) is 17.6 Å². The second kappa shape index (κ2) is 4.76. The number of hydrogen-bond acceptors (Lipinski definition) is 3. The average molecular weight is 295 g/mol.